The molecule has 0 amide bonds. The first-order chi connectivity index (χ1) is 9.93. The maximum absolute atomic E-state index is 14.6. The molecular formula is C17H28FN3. The summed E-state index contributed by atoms with van der Waals surface area (Å²) in [5, 5.41) is 3.18. The third kappa shape index (κ3) is 3.94. The quantitative estimate of drug-likeness (QED) is 0.919. The highest BCUT2D eigenvalue weighted by atomic mass is 19.1. The molecule has 0 atom stereocenters. The predicted molar refractivity (Wildman–Crippen MR) is 86.0 cm³/mol. The van der Waals surface area contributed by atoms with Gasteiger partial charge in [-0.3, -0.25) is 0 Å². The van der Waals surface area contributed by atoms with Crippen LogP contribution in [0.3, 0.4) is 0 Å². The van der Waals surface area contributed by atoms with Crippen molar-refractivity contribution in [2.24, 2.45) is 11.3 Å². The van der Waals surface area contributed by atoms with Gasteiger partial charge >= 0.3 is 0 Å². The Labute approximate surface area is 127 Å². The molecule has 0 saturated carbocycles. The Kier molecular flexibility index (Phi) is 5.20. The number of piperidine rings is 1. The van der Waals surface area contributed by atoms with Gasteiger partial charge in [0.25, 0.3) is 0 Å². The standard InChI is InChI=1S/C17H28FN3/c1-5-19-12-13-6-9-20-16(15(13)18)21-10-7-14(8-11-21)17(2,3)4/h6,9,14,19H,5,7-8,10-12H2,1-4H3. The van der Waals surface area contributed by atoms with E-state index in [-0.39, 0.29) is 5.82 Å². The van der Waals surface area contributed by atoms with Crippen LogP contribution < -0.4 is 10.2 Å². The minimum Gasteiger partial charge on any atom is -0.354 e. The lowest BCUT2D eigenvalue weighted by Gasteiger charge is -2.39. The number of hydrogen-bond acceptors (Lipinski definition) is 3. The summed E-state index contributed by atoms with van der Waals surface area (Å²) in [6, 6.07) is 1.77. The second kappa shape index (κ2) is 6.73. The molecule has 2 rings (SSSR count). The Balaban J connectivity index is 2.06. The molecule has 1 aromatic heterocycles. The summed E-state index contributed by atoms with van der Waals surface area (Å²) in [7, 11) is 0. The van der Waals surface area contributed by atoms with Crippen LogP contribution in [0.25, 0.3) is 0 Å². The number of halogens is 1. The van der Waals surface area contributed by atoms with E-state index in [9.17, 15) is 4.39 Å². The highest BCUT2D eigenvalue weighted by Gasteiger charge is 2.30. The number of anilines is 1. The van der Waals surface area contributed by atoms with Gasteiger partial charge in [0.15, 0.2) is 11.6 Å². The van der Waals surface area contributed by atoms with Crippen molar-refractivity contribution in [2.75, 3.05) is 24.5 Å². The van der Waals surface area contributed by atoms with Gasteiger partial charge in [-0.05, 0) is 36.8 Å². The third-order valence-corrected chi connectivity index (χ3v) is 4.54. The SMILES string of the molecule is CCNCc1ccnc(N2CCC(C(C)(C)C)CC2)c1F. The first-order valence-corrected chi connectivity index (χ1v) is 8.02. The maximum atomic E-state index is 14.6. The van der Waals surface area contributed by atoms with Gasteiger partial charge in [-0.25, -0.2) is 9.37 Å². The Bertz CT molecular complexity index is 460. The molecule has 0 aliphatic carbocycles. The minimum atomic E-state index is -0.160. The van der Waals surface area contributed by atoms with Gasteiger partial charge in [-0.15, -0.1) is 0 Å². The normalized spacial score (nSPS) is 17.3. The predicted octanol–water partition coefficient (Wildman–Crippen LogP) is 3.59. The van der Waals surface area contributed by atoms with Gasteiger partial charge in [-0.1, -0.05) is 27.7 Å². The molecule has 0 spiro atoms. The van der Waals surface area contributed by atoms with Crippen molar-refractivity contribution < 1.29 is 4.39 Å². The summed E-state index contributed by atoms with van der Waals surface area (Å²) in [5.74, 6) is 1.08. The van der Waals surface area contributed by atoms with Gasteiger partial charge in [0.1, 0.15) is 0 Å². The molecule has 118 valence electrons. The van der Waals surface area contributed by atoms with E-state index in [4.69, 9.17) is 0 Å². The van der Waals surface area contributed by atoms with Crippen molar-refractivity contribution in [2.45, 2.75) is 47.1 Å². The summed E-state index contributed by atoms with van der Waals surface area (Å²) in [6.45, 7) is 12.1. The van der Waals surface area contributed by atoms with Crippen LogP contribution in [0.4, 0.5) is 10.2 Å². The van der Waals surface area contributed by atoms with Crippen LogP contribution in [-0.4, -0.2) is 24.6 Å². The van der Waals surface area contributed by atoms with E-state index in [2.05, 4.69) is 36.0 Å². The van der Waals surface area contributed by atoms with E-state index >= 15 is 0 Å². The molecule has 0 unspecified atom stereocenters. The fourth-order valence-electron chi connectivity index (χ4n) is 3.05. The molecule has 3 nitrogen and oxygen atoms in total. The van der Waals surface area contributed by atoms with E-state index in [0.29, 0.717) is 29.3 Å². The lowest BCUT2D eigenvalue weighted by atomic mass is 9.75. The summed E-state index contributed by atoms with van der Waals surface area (Å²) >= 11 is 0. The highest BCUT2D eigenvalue weighted by Crippen LogP contribution is 2.35. The number of rotatable bonds is 4. The lowest BCUT2D eigenvalue weighted by molar-refractivity contribution is 0.198. The van der Waals surface area contributed by atoms with Crippen molar-refractivity contribution in [1.29, 1.82) is 0 Å². The first kappa shape index (κ1) is 16.2. The molecule has 1 aliphatic rings. The van der Waals surface area contributed by atoms with Crippen LogP contribution in [0.2, 0.25) is 0 Å². The van der Waals surface area contributed by atoms with Gasteiger partial charge in [0.2, 0.25) is 0 Å². The zero-order valence-electron chi connectivity index (χ0n) is 13.7. The second-order valence-electron chi connectivity index (χ2n) is 7.02. The summed E-state index contributed by atoms with van der Waals surface area (Å²) in [4.78, 5) is 6.39. The molecule has 1 saturated heterocycles. The van der Waals surface area contributed by atoms with E-state index in [1.807, 2.05) is 6.92 Å². The van der Waals surface area contributed by atoms with Crippen LogP contribution in [0, 0.1) is 17.2 Å². The third-order valence-electron chi connectivity index (χ3n) is 4.54. The molecular weight excluding hydrogens is 265 g/mol. The smallest absolute Gasteiger partial charge is 0.170 e. The molecule has 0 bridgehead atoms. The second-order valence-corrected chi connectivity index (χ2v) is 7.02. The lowest BCUT2D eigenvalue weighted by Crippen LogP contribution is -2.39. The van der Waals surface area contributed by atoms with Crippen molar-refractivity contribution in [3.8, 4) is 0 Å². The van der Waals surface area contributed by atoms with Crippen LogP contribution in [-0.2, 0) is 6.54 Å². The Morgan fingerprint density at radius 1 is 1.33 bits per heavy atom. The highest BCUT2D eigenvalue weighted by molar-refractivity contribution is 5.43. The Hall–Kier alpha value is -1.16. The maximum Gasteiger partial charge on any atom is 0.170 e. The van der Waals surface area contributed by atoms with Crippen molar-refractivity contribution in [3.05, 3.63) is 23.6 Å². The van der Waals surface area contributed by atoms with Gasteiger partial charge < -0.3 is 10.2 Å². The number of aromatic nitrogens is 1. The topological polar surface area (TPSA) is 28.2 Å². The van der Waals surface area contributed by atoms with Crippen molar-refractivity contribution >= 4 is 5.82 Å². The van der Waals surface area contributed by atoms with Crippen LogP contribution in [0.15, 0.2) is 12.3 Å². The zero-order valence-corrected chi connectivity index (χ0v) is 13.7. The van der Waals surface area contributed by atoms with Crippen molar-refractivity contribution in [3.63, 3.8) is 0 Å². The molecule has 1 aliphatic heterocycles. The molecule has 1 aromatic rings. The molecule has 1 N–H and O–H groups in total. The molecule has 2 heterocycles. The largest absolute Gasteiger partial charge is 0.354 e. The van der Waals surface area contributed by atoms with Gasteiger partial charge in [-0.2, -0.15) is 0 Å². The fourth-order valence-corrected chi connectivity index (χ4v) is 3.05. The molecule has 4 heteroatoms. The summed E-state index contributed by atoms with van der Waals surface area (Å²) in [5.41, 5.74) is 1.05. The van der Waals surface area contributed by atoms with E-state index in [1.54, 1.807) is 12.3 Å². The van der Waals surface area contributed by atoms with Gasteiger partial charge in [0, 0.05) is 31.4 Å². The van der Waals surface area contributed by atoms with Crippen LogP contribution in [0.1, 0.15) is 46.1 Å². The zero-order chi connectivity index (χ0) is 15.5. The van der Waals surface area contributed by atoms with E-state index < -0.39 is 0 Å². The van der Waals surface area contributed by atoms with Gasteiger partial charge in [0.05, 0.1) is 0 Å². The van der Waals surface area contributed by atoms with E-state index in [1.165, 1.54) is 0 Å². The number of hydrogen-bond donors (Lipinski definition) is 1. The number of nitrogens with one attached hydrogen (secondary N) is 1. The molecule has 0 radical (unpaired) electrons. The van der Waals surface area contributed by atoms with Crippen molar-refractivity contribution in [1.82, 2.24) is 10.3 Å². The monoisotopic (exact) mass is 293 g/mol. The number of pyridine rings is 1. The first-order valence-electron chi connectivity index (χ1n) is 8.02. The van der Waals surface area contributed by atoms with Crippen LogP contribution in [0.5, 0.6) is 0 Å². The minimum absolute atomic E-state index is 0.160. The van der Waals surface area contributed by atoms with E-state index in [0.717, 1.165) is 32.5 Å². The molecule has 1 fully saturated rings. The summed E-state index contributed by atoms with van der Waals surface area (Å²) in [6.07, 6.45) is 3.95. The summed E-state index contributed by atoms with van der Waals surface area (Å²) < 4.78 is 14.6. The molecule has 21 heavy (non-hydrogen) atoms. The Morgan fingerprint density at radius 3 is 2.57 bits per heavy atom. The fraction of sp³-hybridized carbons (Fsp3) is 0.706. The average molecular weight is 293 g/mol. The van der Waals surface area contributed by atoms with Crippen LogP contribution >= 0.6 is 0 Å². The number of nitrogens with zero attached hydrogens (tertiary/aromatic N) is 2. The average Bonchev–Trinajstić information content (AvgIpc) is 2.45. The molecule has 0 aromatic carbocycles. The Morgan fingerprint density at radius 2 is 2.00 bits per heavy atom.